The van der Waals surface area contributed by atoms with E-state index in [2.05, 4.69) is 33.2 Å². The average Bonchev–Trinajstić information content (AvgIpc) is 2.85. The number of rotatable bonds is 12. The van der Waals surface area contributed by atoms with E-state index in [0.29, 0.717) is 0 Å². The normalized spacial score (nSPS) is 14.9. The van der Waals surface area contributed by atoms with E-state index < -0.39 is 0 Å². The van der Waals surface area contributed by atoms with Crippen molar-refractivity contribution in [1.82, 2.24) is 15.8 Å². The lowest BCUT2D eigenvalue weighted by molar-refractivity contribution is -0.144. The Morgan fingerprint density at radius 3 is 2.55 bits per heavy atom. The summed E-state index contributed by atoms with van der Waals surface area (Å²) in [6.45, 7) is 0.720. The summed E-state index contributed by atoms with van der Waals surface area (Å²) in [5, 5.41) is 14.1. The summed E-state index contributed by atoms with van der Waals surface area (Å²) in [7, 11) is 0. The summed E-state index contributed by atoms with van der Waals surface area (Å²) in [6.07, 6.45) is 13.7. The van der Waals surface area contributed by atoms with Crippen LogP contribution in [0.2, 0.25) is 0 Å². The fourth-order valence-electron chi connectivity index (χ4n) is 4.16. The molecule has 0 radical (unpaired) electrons. The molecule has 178 valence electrons. The summed E-state index contributed by atoms with van der Waals surface area (Å²) in [5.74, 6) is 0.170. The van der Waals surface area contributed by atoms with Crippen molar-refractivity contribution in [3.05, 3.63) is 60.4 Å². The van der Waals surface area contributed by atoms with Crippen molar-refractivity contribution >= 4 is 17.6 Å². The highest BCUT2D eigenvalue weighted by atomic mass is 16.7. The van der Waals surface area contributed by atoms with E-state index in [1.807, 2.05) is 30.3 Å². The van der Waals surface area contributed by atoms with Gasteiger partial charge in [0, 0.05) is 30.5 Å². The minimum atomic E-state index is -0.101. The van der Waals surface area contributed by atoms with Crippen LogP contribution in [0.25, 0.3) is 0 Å². The van der Waals surface area contributed by atoms with Gasteiger partial charge in [0.25, 0.3) is 0 Å². The Bertz CT molecular complexity index is 825. The Labute approximate surface area is 197 Å². The molecule has 1 aromatic heterocycles. The van der Waals surface area contributed by atoms with Gasteiger partial charge in [-0.2, -0.15) is 0 Å². The highest BCUT2D eigenvalue weighted by Crippen LogP contribution is 2.21. The van der Waals surface area contributed by atoms with Crippen LogP contribution in [0.4, 0.5) is 5.69 Å². The van der Waals surface area contributed by atoms with E-state index in [0.717, 1.165) is 57.2 Å². The molecule has 1 fully saturated rings. The van der Waals surface area contributed by atoms with Crippen molar-refractivity contribution in [2.45, 2.75) is 70.3 Å². The number of hydrogen-bond acceptors (Lipinski definition) is 4. The third kappa shape index (κ3) is 9.61. The maximum Gasteiger partial charge on any atom is 0.246 e. The van der Waals surface area contributed by atoms with Crippen LogP contribution in [0.15, 0.2) is 54.9 Å². The molecule has 7 nitrogen and oxygen atoms in total. The smallest absolute Gasteiger partial charge is 0.246 e. The molecule has 1 heterocycles. The van der Waals surface area contributed by atoms with E-state index >= 15 is 0 Å². The van der Waals surface area contributed by atoms with Gasteiger partial charge in [-0.1, -0.05) is 62.4 Å². The van der Waals surface area contributed by atoms with Gasteiger partial charge in [0.05, 0.1) is 6.10 Å². The molecular weight excluding hydrogens is 414 g/mol. The van der Waals surface area contributed by atoms with E-state index in [4.69, 9.17) is 10.2 Å². The third-order valence-corrected chi connectivity index (χ3v) is 6.05. The summed E-state index contributed by atoms with van der Waals surface area (Å²) in [4.78, 5) is 22.6. The molecule has 0 unspecified atom stereocenters. The van der Waals surface area contributed by atoms with Gasteiger partial charge in [0.1, 0.15) is 0 Å². The molecule has 0 saturated heterocycles. The quantitative estimate of drug-likeness (QED) is 0.161. The summed E-state index contributed by atoms with van der Waals surface area (Å²) < 4.78 is 0. The molecule has 3 rings (SSSR count). The van der Waals surface area contributed by atoms with Gasteiger partial charge in [-0.3, -0.25) is 20.0 Å². The van der Waals surface area contributed by atoms with Crippen LogP contribution in [-0.2, 0) is 16.1 Å². The second kappa shape index (κ2) is 14.3. The van der Waals surface area contributed by atoms with Crippen molar-refractivity contribution in [3.8, 4) is 0 Å². The molecule has 1 aromatic carbocycles. The predicted octanol–water partition coefficient (Wildman–Crippen LogP) is 4.82. The number of carbonyl (C=O) groups excluding carboxylic acids is 1. The number of aromatic nitrogens is 1. The first kappa shape index (κ1) is 24.7. The minimum absolute atomic E-state index is 0.00844. The third-order valence-electron chi connectivity index (χ3n) is 6.05. The number of unbranched alkanes of at least 4 members (excludes halogenated alkanes) is 2. The highest BCUT2D eigenvalue weighted by Gasteiger charge is 2.21. The van der Waals surface area contributed by atoms with Gasteiger partial charge in [0.15, 0.2) is 5.96 Å². The summed E-state index contributed by atoms with van der Waals surface area (Å²) in [5.41, 5.74) is 4.78. The molecule has 2 aromatic rings. The van der Waals surface area contributed by atoms with Gasteiger partial charge < -0.3 is 10.6 Å². The molecule has 7 heteroatoms. The molecule has 1 amide bonds. The second-order valence-corrected chi connectivity index (χ2v) is 8.74. The van der Waals surface area contributed by atoms with Gasteiger partial charge >= 0.3 is 0 Å². The Kier molecular flexibility index (Phi) is 10.7. The lowest BCUT2D eigenvalue weighted by Gasteiger charge is -2.23. The van der Waals surface area contributed by atoms with Crippen molar-refractivity contribution in [1.29, 1.82) is 5.41 Å². The molecule has 4 N–H and O–H groups in total. The zero-order chi connectivity index (χ0) is 23.1. The van der Waals surface area contributed by atoms with Crippen molar-refractivity contribution in [3.63, 3.8) is 0 Å². The van der Waals surface area contributed by atoms with Crippen LogP contribution in [-0.4, -0.2) is 29.5 Å². The second-order valence-electron chi connectivity index (χ2n) is 8.74. The number of carbonyl (C=O) groups is 1. The first-order valence-corrected chi connectivity index (χ1v) is 12.2. The average molecular weight is 452 g/mol. The van der Waals surface area contributed by atoms with Crippen molar-refractivity contribution in [2.75, 3.05) is 11.9 Å². The number of benzene rings is 1. The molecule has 33 heavy (non-hydrogen) atoms. The Balaban J connectivity index is 1.37. The monoisotopic (exact) mass is 451 g/mol. The number of pyridine rings is 1. The SMILES string of the molecule is N=C(NCCCCC[C@@H](Cc1ccccc1)C(=O)NOC1CCCCC1)Nc1ccncc1. The summed E-state index contributed by atoms with van der Waals surface area (Å²) in [6, 6.07) is 13.8. The van der Waals surface area contributed by atoms with Crippen molar-refractivity contribution in [2.24, 2.45) is 5.92 Å². The number of nitrogens with zero attached hydrogens (tertiary/aromatic N) is 1. The van der Waals surface area contributed by atoms with E-state index in [-0.39, 0.29) is 23.9 Å². The Morgan fingerprint density at radius 2 is 1.79 bits per heavy atom. The Hall–Kier alpha value is -2.93. The van der Waals surface area contributed by atoms with Crippen LogP contribution < -0.4 is 16.1 Å². The zero-order valence-corrected chi connectivity index (χ0v) is 19.4. The minimum Gasteiger partial charge on any atom is -0.356 e. The fourth-order valence-corrected chi connectivity index (χ4v) is 4.16. The number of anilines is 1. The molecular formula is C26H37N5O2. The van der Waals surface area contributed by atoms with Crippen LogP contribution in [0.3, 0.4) is 0 Å². The fraction of sp³-hybridized carbons (Fsp3) is 0.500. The molecule has 0 aliphatic heterocycles. The van der Waals surface area contributed by atoms with Gasteiger partial charge in [-0.25, -0.2) is 5.48 Å². The van der Waals surface area contributed by atoms with E-state index in [9.17, 15) is 4.79 Å². The van der Waals surface area contributed by atoms with Crippen LogP contribution in [0, 0.1) is 11.3 Å². The summed E-state index contributed by atoms with van der Waals surface area (Å²) >= 11 is 0. The molecule has 1 aliphatic carbocycles. The van der Waals surface area contributed by atoms with Crippen LogP contribution >= 0.6 is 0 Å². The molecule has 0 spiro atoms. The Morgan fingerprint density at radius 1 is 1.03 bits per heavy atom. The molecule has 1 atom stereocenters. The van der Waals surface area contributed by atoms with E-state index in [1.165, 1.54) is 24.8 Å². The van der Waals surface area contributed by atoms with Gasteiger partial charge in [0.2, 0.25) is 5.91 Å². The topological polar surface area (TPSA) is 99.1 Å². The number of amides is 1. The largest absolute Gasteiger partial charge is 0.356 e. The first-order valence-electron chi connectivity index (χ1n) is 12.2. The lowest BCUT2D eigenvalue weighted by atomic mass is 9.93. The molecule has 1 aliphatic rings. The van der Waals surface area contributed by atoms with Crippen LogP contribution in [0.1, 0.15) is 63.4 Å². The van der Waals surface area contributed by atoms with Crippen LogP contribution in [0.5, 0.6) is 0 Å². The predicted molar refractivity (Wildman–Crippen MR) is 132 cm³/mol. The lowest BCUT2D eigenvalue weighted by Crippen LogP contribution is -2.36. The zero-order valence-electron chi connectivity index (χ0n) is 19.4. The molecule has 0 bridgehead atoms. The van der Waals surface area contributed by atoms with Gasteiger partial charge in [-0.05, 0) is 49.8 Å². The molecule has 1 saturated carbocycles. The number of guanidine groups is 1. The number of nitrogens with one attached hydrogen (secondary N) is 4. The first-order chi connectivity index (χ1) is 16.2. The highest BCUT2D eigenvalue weighted by molar-refractivity contribution is 5.90. The maximum atomic E-state index is 12.9. The number of hydroxylamine groups is 1. The van der Waals surface area contributed by atoms with Gasteiger partial charge in [-0.15, -0.1) is 0 Å². The number of hydrogen-bond donors (Lipinski definition) is 4. The maximum absolute atomic E-state index is 12.9. The van der Waals surface area contributed by atoms with Crippen molar-refractivity contribution < 1.29 is 9.63 Å². The standard InChI is InChI=1S/C26H37N5O2/c27-26(30-23-15-18-28-19-16-23)29-17-9-3-6-12-22(20-21-10-4-1-5-11-21)25(32)31-33-24-13-7-2-8-14-24/h1,4-5,10-11,15-16,18-19,22,24H,2-3,6-9,12-14,17,20H2,(H,31,32)(H3,27,28,29,30)/t22-/m0/s1. The van der Waals surface area contributed by atoms with E-state index in [1.54, 1.807) is 12.4 Å².